The van der Waals surface area contributed by atoms with Gasteiger partial charge in [0.15, 0.2) is 6.29 Å². The van der Waals surface area contributed by atoms with Gasteiger partial charge in [0.05, 0.1) is 36.1 Å². The second-order valence-corrected chi connectivity index (χ2v) is 12.4. The van der Waals surface area contributed by atoms with Crippen molar-refractivity contribution >= 4 is 26.8 Å². The van der Waals surface area contributed by atoms with E-state index in [1.54, 1.807) is 30.1 Å². The number of aromatic nitrogens is 5. The number of benzene rings is 2. The second kappa shape index (κ2) is 9.98. The molecule has 4 aromatic rings. The molecule has 0 unspecified atom stereocenters. The predicted molar refractivity (Wildman–Crippen MR) is 145 cm³/mol. The molecule has 2 fully saturated rings. The standard InChI is InChI=1S/C27H30FN7O5S/c1-16-9-22-17(11-31-35(22)19-7-5-18(28)6-8-19)10-20(16)27-15-34(41(37,38)23-12-30-33(2)32-23)14-21(27)25(27)26(36)29-13-24(39-3)40-4/h5-12,21,24-25H,13-15H2,1-4H3,(H,29,36)/t21-,25+,27+/m1/s1. The first-order valence-corrected chi connectivity index (χ1v) is 14.5. The van der Waals surface area contributed by atoms with Crippen LogP contribution in [0.5, 0.6) is 0 Å². The summed E-state index contributed by atoms with van der Waals surface area (Å²) in [6.07, 6.45) is 2.35. The van der Waals surface area contributed by atoms with Gasteiger partial charge in [0.25, 0.3) is 10.0 Å². The molecule has 216 valence electrons. The Labute approximate surface area is 236 Å². The molecular weight excluding hydrogens is 553 g/mol. The minimum absolute atomic E-state index is 0.116. The maximum absolute atomic E-state index is 13.5. The number of halogens is 1. The van der Waals surface area contributed by atoms with Crippen LogP contribution in [0.3, 0.4) is 0 Å². The number of carbonyl (C=O) groups excluding carboxylic acids is 1. The van der Waals surface area contributed by atoms with Gasteiger partial charge in [-0.1, -0.05) is 0 Å². The number of rotatable bonds is 9. The van der Waals surface area contributed by atoms with Crippen molar-refractivity contribution in [3.63, 3.8) is 0 Å². The number of hydrogen-bond acceptors (Lipinski definition) is 8. The molecule has 3 heterocycles. The summed E-state index contributed by atoms with van der Waals surface area (Å²) < 4.78 is 54.0. The van der Waals surface area contributed by atoms with Gasteiger partial charge in [-0.15, -0.1) is 5.10 Å². The zero-order valence-electron chi connectivity index (χ0n) is 23.0. The minimum atomic E-state index is -3.92. The molecule has 1 aliphatic heterocycles. The van der Waals surface area contributed by atoms with E-state index >= 15 is 0 Å². The summed E-state index contributed by atoms with van der Waals surface area (Å²) in [5.41, 5.74) is 2.57. The molecule has 1 aliphatic carbocycles. The van der Waals surface area contributed by atoms with Crippen molar-refractivity contribution in [3.05, 3.63) is 65.7 Å². The number of methoxy groups -OCH3 is 2. The van der Waals surface area contributed by atoms with Crippen molar-refractivity contribution < 1.29 is 27.1 Å². The van der Waals surface area contributed by atoms with Crippen LogP contribution in [0.25, 0.3) is 16.6 Å². The highest BCUT2D eigenvalue weighted by Gasteiger charge is 2.74. The van der Waals surface area contributed by atoms with Crippen LogP contribution < -0.4 is 5.32 Å². The normalized spacial score (nSPS) is 22.4. The largest absolute Gasteiger partial charge is 0.354 e. The Bertz CT molecular complexity index is 1730. The van der Waals surface area contributed by atoms with E-state index in [0.29, 0.717) is 5.69 Å². The molecular formula is C27H30FN7O5S. The molecule has 2 aromatic heterocycles. The summed E-state index contributed by atoms with van der Waals surface area (Å²) in [5, 5.41) is 16.1. The average molecular weight is 584 g/mol. The molecule has 1 saturated carbocycles. The van der Waals surface area contributed by atoms with E-state index in [1.165, 1.54) is 41.7 Å². The van der Waals surface area contributed by atoms with Crippen LogP contribution in [-0.4, -0.2) is 83.5 Å². The van der Waals surface area contributed by atoms with Crippen molar-refractivity contribution in [2.75, 3.05) is 33.9 Å². The Hall–Kier alpha value is -3.72. The van der Waals surface area contributed by atoms with Crippen LogP contribution in [-0.2, 0) is 36.8 Å². The number of fused-ring (bicyclic) bond motifs is 2. The van der Waals surface area contributed by atoms with E-state index in [0.717, 1.165) is 22.0 Å². The highest BCUT2D eigenvalue weighted by Crippen LogP contribution is 2.65. The van der Waals surface area contributed by atoms with Gasteiger partial charge in [0.1, 0.15) is 5.82 Å². The van der Waals surface area contributed by atoms with Crippen molar-refractivity contribution in [2.24, 2.45) is 18.9 Å². The third kappa shape index (κ3) is 4.41. The lowest BCUT2D eigenvalue weighted by atomic mass is 9.88. The second-order valence-electron chi connectivity index (χ2n) is 10.5. The number of hydrogen-bond donors (Lipinski definition) is 1. The van der Waals surface area contributed by atoms with Crippen molar-refractivity contribution in [3.8, 4) is 5.69 Å². The maximum Gasteiger partial charge on any atom is 0.264 e. The highest BCUT2D eigenvalue weighted by atomic mass is 32.2. The van der Waals surface area contributed by atoms with Gasteiger partial charge in [-0.05, 0) is 60.4 Å². The molecule has 12 nitrogen and oxygen atoms in total. The van der Waals surface area contributed by atoms with Crippen molar-refractivity contribution in [1.29, 1.82) is 0 Å². The van der Waals surface area contributed by atoms with E-state index in [-0.39, 0.29) is 42.3 Å². The number of carbonyl (C=O) groups is 1. The van der Waals surface area contributed by atoms with Crippen LogP contribution in [0.1, 0.15) is 11.1 Å². The zero-order chi connectivity index (χ0) is 29.1. The summed E-state index contributed by atoms with van der Waals surface area (Å²) in [4.78, 5) is 14.7. The molecule has 0 radical (unpaired) electrons. The van der Waals surface area contributed by atoms with Crippen molar-refractivity contribution in [2.45, 2.75) is 23.7 Å². The number of piperidine rings is 1. The smallest absolute Gasteiger partial charge is 0.264 e. The SMILES string of the molecule is COC(CNC(=O)[C@@H]1[C@H]2CN(S(=O)(=O)c3cnn(C)n3)C[C@]21c1cc2cnn(-c3ccc(F)cc3)c2cc1C)OC. The van der Waals surface area contributed by atoms with E-state index < -0.39 is 27.6 Å². The summed E-state index contributed by atoms with van der Waals surface area (Å²) in [6.45, 7) is 2.39. The van der Waals surface area contributed by atoms with Gasteiger partial charge in [0.2, 0.25) is 10.9 Å². The van der Waals surface area contributed by atoms with Gasteiger partial charge < -0.3 is 14.8 Å². The van der Waals surface area contributed by atoms with Crippen molar-refractivity contribution in [1.82, 2.24) is 34.4 Å². The van der Waals surface area contributed by atoms with Gasteiger partial charge in [-0.3, -0.25) is 4.79 Å². The lowest BCUT2D eigenvalue weighted by molar-refractivity contribution is -0.129. The quantitative estimate of drug-likeness (QED) is 0.293. The fraction of sp³-hybridized carbons (Fsp3) is 0.407. The Morgan fingerprint density at radius 3 is 2.56 bits per heavy atom. The fourth-order valence-electron chi connectivity index (χ4n) is 6.23. The van der Waals surface area contributed by atoms with Gasteiger partial charge >= 0.3 is 0 Å². The molecule has 0 spiro atoms. The number of nitrogens with one attached hydrogen (secondary N) is 1. The number of aryl methyl sites for hydroxylation is 2. The Balaban J connectivity index is 1.38. The molecule has 2 aromatic carbocycles. The lowest BCUT2D eigenvalue weighted by Crippen LogP contribution is -2.41. The average Bonchev–Trinajstić information content (AvgIpc) is 3.37. The van der Waals surface area contributed by atoms with Gasteiger partial charge in [0, 0.05) is 45.2 Å². The zero-order valence-corrected chi connectivity index (χ0v) is 23.8. The van der Waals surface area contributed by atoms with Gasteiger partial charge in [-0.2, -0.15) is 19.3 Å². The monoisotopic (exact) mass is 583 g/mol. The molecule has 6 rings (SSSR count). The predicted octanol–water partition coefficient (Wildman–Crippen LogP) is 1.52. The van der Waals surface area contributed by atoms with E-state index in [9.17, 15) is 17.6 Å². The molecule has 1 saturated heterocycles. The summed E-state index contributed by atoms with van der Waals surface area (Å²) >= 11 is 0. The number of sulfonamides is 1. The Morgan fingerprint density at radius 1 is 1.17 bits per heavy atom. The number of ether oxygens (including phenoxy) is 2. The number of nitrogens with zero attached hydrogens (tertiary/aromatic N) is 6. The first-order chi connectivity index (χ1) is 19.6. The lowest BCUT2D eigenvalue weighted by Gasteiger charge is -2.24. The van der Waals surface area contributed by atoms with Crippen LogP contribution in [0.4, 0.5) is 4.39 Å². The maximum atomic E-state index is 13.5. The molecule has 2 aliphatic rings. The summed E-state index contributed by atoms with van der Waals surface area (Å²) in [5.74, 6) is -1.22. The summed E-state index contributed by atoms with van der Waals surface area (Å²) in [7, 11) is 0.623. The third-order valence-corrected chi connectivity index (χ3v) is 9.94. The Morgan fingerprint density at radius 2 is 1.90 bits per heavy atom. The van der Waals surface area contributed by atoms with Gasteiger partial charge in [-0.25, -0.2) is 17.5 Å². The highest BCUT2D eigenvalue weighted by molar-refractivity contribution is 7.89. The van der Waals surface area contributed by atoms with Crippen LogP contribution >= 0.6 is 0 Å². The summed E-state index contributed by atoms with van der Waals surface area (Å²) in [6, 6.07) is 10.0. The molecule has 0 bridgehead atoms. The topological polar surface area (TPSA) is 133 Å². The first kappa shape index (κ1) is 27.4. The van der Waals surface area contributed by atoms with E-state index in [1.807, 2.05) is 19.1 Å². The van der Waals surface area contributed by atoms with E-state index in [4.69, 9.17) is 9.47 Å². The van der Waals surface area contributed by atoms with Crippen LogP contribution in [0, 0.1) is 24.6 Å². The third-order valence-electron chi connectivity index (χ3n) is 8.27. The molecule has 1 amide bonds. The Kier molecular flexibility index (Phi) is 6.68. The molecule has 14 heteroatoms. The molecule has 41 heavy (non-hydrogen) atoms. The minimum Gasteiger partial charge on any atom is -0.354 e. The fourth-order valence-corrected chi connectivity index (χ4v) is 7.64. The van der Waals surface area contributed by atoms with Crippen LogP contribution in [0.15, 0.2) is 53.8 Å². The first-order valence-electron chi connectivity index (χ1n) is 13.0. The van der Waals surface area contributed by atoms with E-state index in [2.05, 4.69) is 20.6 Å². The molecule has 3 atom stereocenters. The molecule has 1 N–H and O–H groups in total. The number of amides is 1. The van der Waals surface area contributed by atoms with Crippen LogP contribution in [0.2, 0.25) is 0 Å².